The summed E-state index contributed by atoms with van der Waals surface area (Å²) in [4.78, 5) is 78.8. The first kappa shape index (κ1) is 69.9. The van der Waals surface area contributed by atoms with Crippen molar-refractivity contribution < 1.29 is 45.2 Å². The zero-order valence-electron chi connectivity index (χ0n) is 49.9. The van der Waals surface area contributed by atoms with Gasteiger partial charge < -0.3 is 42.7 Å². The molecule has 26 heteroatoms. The molecule has 8 aromatic rings. The van der Waals surface area contributed by atoms with E-state index in [1.807, 2.05) is 65.7 Å². The normalized spacial score (nSPS) is 11.8. The molecule has 0 bridgehead atoms. The molecular weight excluding hydrogens is 1190 g/mol. The maximum absolute atomic E-state index is 12.4. The van der Waals surface area contributed by atoms with Gasteiger partial charge in [0, 0.05) is 67.3 Å². The topological polar surface area (TPSA) is 310 Å². The number of unbranched alkanes of at least 4 members (excludes halogenated alkanes) is 2. The van der Waals surface area contributed by atoms with Gasteiger partial charge in [-0.25, -0.2) is 19.6 Å². The fourth-order valence-corrected chi connectivity index (χ4v) is 8.14. The van der Waals surface area contributed by atoms with Gasteiger partial charge in [0.2, 0.25) is 5.91 Å². The maximum atomic E-state index is 12.4. The van der Waals surface area contributed by atoms with E-state index in [1.54, 1.807) is 64.1 Å². The molecule has 1 amide bonds. The van der Waals surface area contributed by atoms with Crippen molar-refractivity contribution in [3.05, 3.63) is 171 Å². The minimum Gasteiger partial charge on any atom is -1.00 e. The smallest absolute Gasteiger partial charge is 1.00 e. The number of benzene rings is 4. The third-order valence-corrected chi connectivity index (χ3v) is 13.4. The molecule has 0 radical (unpaired) electrons. The van der Waals surface area contributed by atoms with E-state index in [4.69, 9.17) is 16.6 Å². The molecular formula is C57H75Br2LiN14O9. The number of fused-ring (bicyclic) bond motifs is 2. The maximum Gasteiger partial charge on any atom is 1.00 e. The summed E-state index contributed by atoms with van der Waals surface area (Å²) in [5, 5.41) is 41.3. The Morgan fingerprint density at radius 3 is 1.39 bits per heavy atom. The van der Waals surface area contributed by atoms with Crippen LogP contribution in [0.1, 0.15) is 86.2 Å². The molecule has 0 unspecified atom stereocenters. The third-order valence-electron chi connectivity index (χ3n) is 12.3. The predicted octanol–water partition coefficient (Wildman–Crippen LogP) is 5.20. The number of aliphatic carboxylic acids is 1. The molecule has 442 valence electrons. The number of carboxylic acid groups (broad SMARTS) is 1. The van der Waals surface area contributed by atoms with Crippen LogP contribution in [0, 0.1) is 0 Å². The largest absolute Gasteiger partial charge is 1.00 e. The molecule has 0 atom stereocenters. The molecule has 1 aliphatic heterocycles. The molecule has 1 aliphatic rings. The number of nitrogens with one attached hydrogen (secondary N) is 1. The van der Waals surface area contributed by atoms with Gasteiger partial charge in [0.1, 0.15) is 13.1 Å². The van der Waals surface area contributed by atoms with Crippen LogP contribution in [0.3, 0.4) is 0 Å². The van der Waals surface area contributed by atoms with E-state index < -0.39 is 39.7 Å². The molecule has 4 aromatic carbocycles. The van der Waals surface area contributed by atoms with Crippen molar-refractivity contribution >= 4 is 88.8 Å². The van der Waals surface area contributed by atoms with E-state index >= 15 is 0 Å². The Kier molecular flexibility index (Phi) is 27.3. The van der Waals surface area contributed by atoms with E-state index in [9.17, 15) is 39.0 Å². The first-order valence-electron chi connectivity index (χ1n) is 26.2. The number of aliphatic hydroxyl groups is 2. The fraction of sp³-hybridized carbons (Fsp3) is 0.368. The Bertz CT molecular complexity index is 3630. The van der Waals surface area contributed by atoms with Crippen LogP contribution in [0.2, 0.25) is 0 Å². The summed E-state index contributed by atoms with van der Waals surface area (Å²) in [6.07, 6.45) is 9.15. The molecule has 83 heavy (non-hydrogen) atoms. The summed E-state index contributed by atoms with van der Waals surface area (Å²) in [6.45, 7) is 12.9. The number of imidazole rings is 2. The van der Waals surface area contributed by atoms with E-state index in [-0.39, 0.29) is 61.6 Å². The number of anilines is 3. The third kappa shape index (κ3) is 21.1. The fourth-order valence-electron chi connectivity index (χ4n) is 7.62. The van der Waals surface area contributed by atoms with Crippen molar-refractivity contribution in [1.82, 2.24) is 42.4 Å². The minimum atomic E-state index is -1.08. The molecule has 1 fully saturated rings. The summed E-state index contributed by atoms with van der Waals surface area (Å²) in [5.74, 6) is -1.43. The number of amides is 1. The molecule has 9 rings (SSSR count). The Morgan fingerprint density at radius 1 is 0.627 bits per heavy atom. The first-order chi connectivity index (χ1) is 38.6. The Labute approximate surface area is 511 Å². The Balaban J connectivity index is 0.000000368. The van der Waals surface area contributed by atoms with E-state index in [1.165, 1.54) is 91.2 Å². The summed E-state index contributed by atoms with van der Waals surface area (Å²) in [6, 6.07) is 29.4. The van der Waals surface area contributed by atoms with Crippen molar-refractivity contribution in [2.24, 2.45) is 38.5 Å². The number of rotatable bonds is 11. The SMILES string of the molecule is Brc1ccc(N=NN2CCCC2)cc1.CC(C)(O)c1ccc(N)cc1.CCCCC.Cn1c(=O)c2c(ncn2CC(=O)Nc2ccc(C(C)(C)O)cc2)n(C)c1=O.Cn1c(=O)c2c(ncn2CC(=O)O)n(C)c1=O.Nc1ccc(Br)cc1.[H-].[Li+]. The number of halogens is 2. The monoisotopic (exact) mass is 1260 g/mol. The van der Waals surface area contributed by atoms with Crippen LogP contribution in [0.25, 0.3) is 22.3 Å². The second-order valence-corrected chi connectivity index (χ2v) is 21.8. The molecule has 0 saturated carbocycles. The van der Waals surface area contributed by atoms with Gasteiger partial charge in [0.05, 0.1) is 29.5 Å². The number of hydrogen-bond donors (Lipinski definition) is 6. The molecule has 5 heterocycles. The van der Waals surface area contributed by atoms with Gasteiger partial charge in [-0.3, -0.25) is 42.5 Å². The Hall–Kier alpha value is -7.40. The van der Waals surface area contributed by atoms with Gasteiger partial charge >= 0.3 is 36.2 Å². The summed E-state index contributed by atoms with van der Waals surface area (Å²) >= 11 is 6.67. The predicted molar refractivity (Wildman–Crippen MR) is 329 cm³/mol. The zero-order chi connectivity index (χ0) is 61.1. The van der Waals surface area contributed by atoms with Crippen LogP contribution in [0.4, 0.5) is 22.7 Å². The summed E-state index contributed by atoms with van der Waals surface area (Å²) < 4.78 is 9.12. The number of carboxylic acids is 1. The number of nitrogen functional groups attached to an aromatic ring is 2. The van der Waals surface area contributed by atoms with Crippen LogP contribution >= 0.6 is 31.9 Å². The number of nitrogens with two attached hydrogens (primary N) is 2. The first-order valence-corrected chi connectivity index (χ1v) is 27.7. The van der Waals surface area contributed by atoms with Crippen molar-refractivity contribution in [2.45, 2.75) is 97.9 Å². The van der Waals surface area contributed by atoms with Crippen LogP contribution in [-0.2, 0) is 62.1 Å². The second-order valence-electron chi connectivity index (χ2n) is 20.0. The number of carbonyl (C=O) groups is 2. The van der Waals surface area contributed by atoms with Gasteiger partial charge in [-0.2, -0.15) is 0 Å². The van der Waals surface area contributed by atoms with Crippen molar-refractivity contribution in [2.75, 3.05) is 29.9 Å². The van der Waals surface area contributed by atoms with Gasteiger partial charge in [-0.05, 0) is 124 Å². The number of carbonyl (C=O) groups excluding carboxylic acids is 1. The summed E-state index contributed by atoms with van der Waals surface area (Å²) in [5.41, 5.74) is 12.4. The van der Waals surface area contributed by atoms with Crippen molar-refractivity contribution in [1.29, 1.82) is 0 Å². The van der Waals surface area contributed by atoms with Crippen LogP contribution in [0.15, 0.2) is 148 Å². The van der Waals surface area contributed by atoms with Crippen LogP contribution in [-0.4, -0.2) is 82.7 Å². The Morgan fingerprint density at radius 2 is 1.01 bits per heavy atom. The number of aromatic nitrogens is 8. The molecule has 4 aromatic heterocycles. The second kappa shape index (κ2) is 32.4. The van der Waals surface area contributed by atoms with Crippen LogP contribution < -0.4 is 58.1 Å². The standard InChI is InChI=1S/C18H21N5O4.C10H12BrN3.C9H10N4O4.C9H13NO.C6H6BrN.C5H12.Li.H/c1-18(2,27)11-5-7-12(8-6-11)20-13(24)9-23-10-19-15-14(23)16(25)22(4)17(26)21(15)3;11-9-3-5-10(6-4-9)12-13-14-7-1-2-8-14;1-11-7-6(8(16)12(2)9(11)17)13(4-10-7)3-5(14)15;1-9(2,11)7-3-5-8(10)6-4-7;7-5-1-3-6(8)4-2-5;1-3-5-4-2;;/h5-8,10,27H,9H2,1-4H3,(H,20,24);3-6H,1-2,7-8H2;4H,3H2,1-2H3,(H,14,15);3-6,11H,10H2,1-2H3;1-4H,8H2;3-5H2,1-2H3;;/q;;;;;;+1;-1. The van der Waals surface area contributed by atoms with Crippen molar-refractivity contribution in [3.8, 4) is 0 Å². The number of hydrogen-bond acceptors (Lipinski definition) is 14. The zero-order valence-corrected chi connectivity index (χ0v) is 52.0. The molecule has 1 saturated heterocycles. The summed E-state index contributed by atoms with van der Waals surface area (Å²) in [7, 11) is 5.71. The average Bonchev–Trinajstić information content (AvgIpc) is 3.06. The molecule has 23 nitrogen and oxygen atoms in total. The molecule has 0 aliphatic carbocycles. The van der Waals surface area contributed by atoms with E-state index in [2.05, 4.69) is 71.3 Å². The minimum absolute atomic E-state index is 0. The van der Waals surface area contributed by atoms with E-state index in [0.29, 0.717) is 5.69 Å². The van der Waals surface area contributed by atoms with Crippen LogP contribution in [0.5, 0.6) is 0 Å². The molecule has 0 spiro atoms. The average molecular weight is 1270 g/mol. The van der Waals surface area contributed by atoms with E-state index in [0.717, 1.165) is 59.4 Å². The van der Waals surface area contributed by atoms with Gasteiger partial charge in [0.15, 0.2) is 22.3 Å². The van der Waals surface area contributed by atoms with Crippen molar-refractivity contribution in [3.63, 3.8) is 0 Å². The molecule has 8 N–H and O–H groups in total. The number of aryl methyl sites for hydroxylation is 2. The van der Waals surface area contributed by atoms with Gasteiger partial charge in [-0.15, -0.1) is 5.11 Å². The van der Waals surface area contributed by atoms with Gasteiger partial charge in [0.25, 0.3) is 11.1 Å². The van der Waals surface area contributed by atoms with Gasteiger partial charge in [-0.1, -0.05) is 94.5 Å². The quantitative estimate of drug-likeness (QED) is 0.0551. The number of nitrogens with zero attached hydrogens (tertiary/aromatic N) is 11.